The van der Waals surface area contributed by atoms with Gasteiger partial charge in [-0.05, 0) is 38.2 Å². The molecule has 1 heterocycles. The Kier molecular flexibility index (Phi) is 6.28. The number of nitrogens with one attached hydrogen (secondary N) is 2. The Morgan fingerprint density at radius 3 is 2.25 bits per heavy atom. The summed E-state index contributed by atoms with van der Waals surface area (Å²) in [6.07, 6.45) is 1.45. The molecule has 7 heteroatoms. The number of hydrogen-bond acceptors (Lipinski definition) is 4. The highest BCUT2D eigenvalue weighted by atomic mass is 35.5. The van der Waals surface area contributed by atoms with Crippen molar-refractivity contribution in [1.29, 1.82) is 0 Å². The quantitative estimate of drug-likeness (QED) is 0.843. The second kappa shape index (κ2) is 8.42. The van der Waals surface area contributed by atoms with Gasteiger partial charge in [-0.2, -0.15) is 0 Å². The molecular formula is C17H19ClN4O2. The van der Waals surface area contributed by atoms with Gasteiger partial charge in [-0.1, -0.05) is 29.3 Å². The summed E-state index contributed by atoms with van der Waals surface area (Å²) >= 11 is 5.74. The lowest BCUT2D eigenvalue weighted by Crippen LogP contribution is -2.36. The molecule has 0 aliphatic heterocycles. The van der Waals surface area contributed by atoms with Crippen molar-refractivity contribution in [3.05, 3.63) is 53.2 Å². The van der Waals surface area contributed by atoms with Crippen LogP contribution in [0, 0.1) is 6.92 Å². The molecule has 0 spiro atoms. The Morgan fingerprint density at radius 1 is 1.04 bits per heavy atom. The minimum Gasteiger partial charge on any atom is -0.325 e. The zero-order chi connectivity index (χ0) is 17.5. The van der Waals surface area contributed by atoms with Gasteiger partial charge in [0, 0.05) is 11.9 Å². The summed E-state index contributed by atoms with van der Waals surface area (Å²) in [5.41, 5.74) is 1.85. The van der Waals surface area contributed by atoms with E-state index >= 15 is 0 Å². The number of pyridine rings is 1. The van der Waals surface area contributed by atoms with Crippen LogP contribution in [0.4, 0.5) is 11.5 Å². The Hall–Kier alpha value is -2.44. The fourth-order valence-electron chi connectivity index (χ4n) is 2.02. The molecule has 0 saturated heterocycles. The van der Waals surface area contributed by atoms with E-state index in [1.165, 1.54) is 6.20 Å². The number of rotatable bonds is 6. The van der Waals surface area contributed by atoms with E-state index < -0.39 is 0 Å². The average Bonchev–Trinajstić information content (AvgIpc) is 2.51. The van der Waals surface area contributed by atoms with Crippen molar-refractivity contribution in [3.8, 4) is 0 Å². The van der Waals surface area contributed by atoms with E-state index in [-0.39, 0.29) is 24.9 Å². The number of anilines is 2. The zero-order valence-electron chi connectivity index (χ0n) is 13.5. The zero-order valence-corrected chi connectivity index (χ0v) is 14.3. The molecule has 0 unspecified atom stereocenters. The van der Waals surface area contributed by atoms with Crippen LogP contribution in [-0.4, -0.2) is 41.8 Å². The summed E-state index contributed by atoms with van der Waals surface area (Å²) in [5.74, 6) is -0.0175. The van der Waals surface area contributed by atoms with Crippen molar-refractivity contribution in [2.24, 2.45) is 0 Å². The number of amides is 2. The summed E-state index contributed by atoms with van der Waals surface area (Å²) in [6.45, 7) is 2.16. The molecule has 2 amide bonds. The summed E-state index contributed by atoms with van der Waals surface area (Å²) < 4.78 is 0. The SMILES string of the molecule is Cc1ccc(NC(=O)CN(C)CC(=O)Nc2ccc(Cl)cn2)cc1. The van der Waals surface area contributed by atoms with E-state index in [4.69, 9.17) is 11.6 Å². The maximum atomic E-state index is 12.0. The third kappa shape index (κ3) is 5.98. The number of carbonyl (C=O) groups is 2. The number of carbonyl (C=O) groups excluding carboxylic acids is 2. The van der Waals surface area contributed by atoms with Gasteiger partial charge < -0.3 is 10.6 Å². The van der Waals surface area contributed by atoms with Gasteiger partial charge >= 0.3 is 0 Å². The van der Waals surface area contributed by atoms with Crippen LogP contribution in [-0.2, 0) is 9.59 Å². The minimum atomic E-state index is -0.254. The number of nitrogens with zero attached hydrogens (tertiary/aromatic N) is 2. The number of halogens is 1. The summed E-state index contributed by atoms with van der Waals surface area (Å²) in [6, 6.07) is 10.8. The highest BCUT2D eigenvalue weighted by molar-refractivity contribution is 6.30. The fraction of sp³-hybridized carbons (Fsp3) is 0.235. The van der Waals surface area contributed by atoms with Gasteiger partial charge in [-0.15, -0.1) is 0 Å². The predicted molar refractivity (Wildman–Crippen MR) is 95.2 cm³/mol. The smallest absolute Gasteiger partial charge is 0.239 e. The number of benzene rings is 1. The molecule has 1 aromatic heterocycles. The van der Waals surface area contributed by atoms with Gasteiger partial charge in [-0.3, -0.25) is 14.5 Å². The van der Waals surface area contributed by atoms with E-state index in [1.54, 1.807) is 24.1 Å². The first-order chi connectivity index (χ1) is 11.4. The Bertz CT molecular complexity index is 640. The lowest BCUT2D eigenvalue weighted by Gasteiger charge is -2.16. The first-order valence-electron chi connectivity index (χ1n) is 7.39. The van der Waals surface area contributed by atoms with Crippen LogP contribution in [0.5, 0.6) is 0 Å². The second-order valence-electron chi connectivity index (χ2n) is 5.50. The highest BCUT2D eigenvalue weighted by Crippen LogP contribution is 2.10. The monoisotopic (exact) mass is 346 g/mol. The first kappa shape index (κ1) is 17.9. The maximum Gasteiger partial charge on any atom is 0.239 e. The van der Waals surface area contributed by atoms with Crippen molar-refractivity contribution in [3.63, 3.8) is 0 Å². The molecule has 2 aromatic rings. The molecule has 24 heavy (non-hydrogen) atoms. The molecule has 0 aliphatic rings. The normalized spacial score (nSPS) is 10.5. The minimum absolute atomic E-state index is 0.0750. The van der Waals surface area contributed by atoms with Crippen LogP contribution in [0.2, 0.25) is 5.02 Å². The van der Waals surface area contributed by atoms with Crippen LogP contribution >= 0.6 is 11.6 Å². The van der Waals surface area contributed by atoms with Gasteiger partial charge in [0.05, 0.1) is 18.1 Å². The van der Waals surface area contributed by atoms with E-state index in [9.17, 15) is 9.59 Å². The Balaban J connectivity index is 1.78. The number of aromatic nitrogens is 1. The van der Waals surface area contributed by atoms with Gasteiger partial charge in [0.25, 0.3) is 0 Å². The lowest BCUT2D eigenvalue weighted by atomic mass is 10.2. The highest BCUT2D eigenvalue weighted by Gasteiger charge is 2.11. The predicted octanol–water partition coefficient (Wildman–Crippen LogP) is 2.55. The van der Waals surface area contributed by atoms with E-state index in [1.807, 2.05) is 31.2 Å². The summed E-state index contributed by atoms with van der Waals surface area (Å²) in [7, 11) is 1.70. The molecule has 0 saturated carbocycles. The number of hydrogen-bond donors (Lipinski definition) is 2. The average molecular weight is 347 g/mol. The van der Waals surface area contributed by atoms with Crippen molar-refractivity contribution in [2.75, 3.05) is 30.8 Å². The third-order valence-corrected chi connectivity index (χ3v) is 3.38. The molecule has 0 bridgehead atoms. The third-order valence-electron chi connectivity index (χ3n) is 3.16. The molecular weight excluding hydrogens is 328 g/mol. The molecule has 0 aliphatic carbocycles. The van der Waals surface area contributed by atoms with Gasteiger partial charge in [0.2, 0.25) is 11.8 Å². The molecule has 126 valence electrons. The van der Waals surface area contributed by atoms with E-state index in [0.29, 0.717) is 10.8 Å². The van der Waals surface area contributed by atoms with Crippen LogP contribution in [0.25, 0.3) is 0 Å². The van der Waals surface area contributed by atoms with Gasteiger partial charge in [0.1, 0.15) is 5.82 Å². The molecule has 0 fully saturated rings. The fourth-order valence-corrected chi connectivity index (χ4v) is 2.13. The standard InChI is InChI=1S/C17H19ClN4O2/c1-12-3-6-14(7-4-12)20-16(23)10-22(2)11-17(24)21-15-8-5-13(18)9-19-15/h3-9H,10-11H2,1-2H3,(H,20,23)(H,19,21,24). The molecule has 2 N–H and O–H groups in total. The number of likely N-dealkylation sites (N-methyl/N-ethyl adjacent to an activating group) is 1. The van der Waals surface area contributed by atoms with Crippen LogP contribution in [0.1, 0.15) is 5.56 Å². The molecule has 6 nitrogen and oxygen atoms in total. The Labute approximate surface area is 145 Å². The first-order valence-corrected chi connectivity index (χ1v) is 7.76. The van der Waals surface area contributed by atoms with Crippen LogP contribution in [0.15, 0.2) is 42.6 Å². The van der Waals surface area contributed by atoms with E-state index in [0.717, 1.165) is 11.3 Å². The number of aryl methyl sites for hydroxylation is 1. The molecule has 2 rings (SSSR count). The lowest BCUT2D eigenvalue weighted by molar-refractivity contribution is -0.119. The summed E-state index contributed by atoms with van der Waals surface area (Å²) in [4.78, 5) is 29.5. The molecule has 0 radical (unpaired) electrons. The van der Waals surface area contributed by atoms with Crippen LogP contribution < -0.4 is 10.6 Å². The molecule has 0 atom stereocenters. The molecule has 1 aromatic carbocycles. The van der Waals surface area contributed by atoms with Crippen molar-refractivity contribution < 1.29 is 9.59 Å². The largest absolute Gasteiger partial charge is 0.325 e. The topological polar surface area (TPSA) is 74.3 Å². The van der Waals surface area contributed by atoms with Crippen molar-refractivity contribution >= 4 is 34.9 Å². The Morgan fingerprint density at radius 2 is 1.67 bits per heavy atom. The van der Waals surface area contributed by atoms with Crippen molar-refractivity contribution in [1.82, 2.24) is 9.88 Å². The second-order valence-corrected chi connectivity index (χ2v) is 5.93. The van der Waals surface area contributed by atoms with Gasteiger partial charge in [-0.25, -0.2) is 4.98 Å². The van der Waals surface area contributed by atoms with Crippen LogP contribution in [0.3, 0.4) is 0 Å². The maximum absolute atomic E-state index is 12.0. The van der Waals surface area contributed by atoms with E-state index in [2.05, 4.69) is 15.6 Å². The summed E-state index contributed by atoms with van der Waals surface area (Å²) in [5, 5.41) is 5.94. The van der Waals surface area contributed by atoms with Crippen molar-refractivity contribution in [2.45, 2.75) is 6.92 Å². The van der Waals surface area contributed by atoms with Gasteiger partial charge in [0.15, 0.2) is 0 Å².